The van der Waals surface area contributed by atoms with E-state index in [0.717, 1.165) is 0 Å². The second-order valence-corrected chi connectivity index (χ2v) is 5.09. The standard InChI is InChI=1S/C8H9Cl3O/c1-7(2)4-8(7,6(11)12)3-5(9)10/h3H,4H2,1-2H3. The highest BCUT2D eigenvalue weighted by atomic mass is 35.5. The summed E-state index contributed by atoms with van der Waals surface area (Å²) in [5.74, 6) is 0. The van der Waals surface area contributed by atoms with Gasteiger partial charge in [-0.3, -0.25) is 4.79 Å². The van der Waals surface area contributed by atoms with E-state index < -0.39 is 5.41 Å². The van der Waals surface area contributed by atoms with E-state index in [1.807, 2.05) is 13.8 Å². The number of hydrogen-bond acceptors (Lipinski definition) is 1. The quantitative estimate of drug-likeness (QED) is 0.660. The Kier molecular flexibility index (Phi) is 2.50. The van der Waals surface area contributed by atoms with Crippen molar-refractivity contribution in [2.45, 2.75) is 20.3 Å². The van der Waals surface area contributed by atoms with Crippen LogP contribution < -0.4 is 0 Å². The van der Waals surface area contributed by atoms with Gasteiger partial charge < -0.3 is 0 Å². The largest absolute Gasteiger partial charge is 0.280 e. The molecule has 12 heavy (non-hydrogen) atoms. The first kappa shape index (κ1) is 10.4. The van der Waals surface area contributed by atoms with Gasteiger partial charge in [0.05, 0.1) is 5.41 Å². The average molecular weight is 228 g/mol. The minimum Gasteiger partial charge on any atom is -0.280 e. The molecule has 0 radical (unpaired) electrons. The summed E-state index contributed by atoms with van der Waals surface area (Å²) in [6.07, 6.45) is 2.25. The van der Waals surface area contributed by atoms with Crippen molar-refractivity contribution in [1.82, 2.24) is 0 Å². The van der Waals surface area contributed by atoms with Crippen LogP contribution in [0.1, 0.15) is 20.3 Å². The van der Waals surface area contributed by atoms with Crippen LogP contribution in [0.3, 0.4) is 0 Å². The lowest BCUT2D eigenvalue weighted by Gasteiger charge is -2.09. The summed E-state index contributed by atoms with van der Waals surface area (Å²) in [7, 11) is 0. The Morgan fingerprint density at radius 2 is 1.75 bits per heavy atom. The van der Waals surface area contributed by atoms with E-state index >= 15 is 0 Å². The van der Waals surface area contributed by atoms with Gasteiger partial charge in [0.1, 0.15) is 4.49 Å². The third-order valence-corrected chi connectivity index (χ3v) is 3.07. The van der Waals surface area contributed by atoms with E-state index in [-0.39, 0.29) is 15.1 Å². The molecule has 1 aliphatic carbocycles. The van der Waals surface area contributed by atoms with Crippen LogP contribution in [0, 0.1) is 10.8 Å². The van der Waals surface area contributed by atoms with Crippen molar-refractivity contribution >= 4 is 40.0 Å². The zero-order valence-electron chi connectivity index (χ0n) is 6.83. The van der Waals surface area contributed by atoms with Crippen LogP contribution in [0.2, 0.25) is 0 Å². The molecule has 1 nitrogen and oxygen atoms in total. The third-order valence-electron chi connectivity index (χ3n) is 2.51. The molecule has 68 valence electrons. The highest BCUT2D eigenvalue weighted by Crippen LogP contribution is 2.66. The summed E-state index contributed by atoms with van der Waals surface area (Å²) in [5, 5.41) is -0.383. The smallest absolute Gasteiger partial charge is 0.232 e. The Balaban J connectivity index is 2.95. The van der Waals surface area contributed by atoms with Crippen molar-refractivity contribution in [2.75, 3.05) is 0 Å². The van der Waals surface area contributed by atoms with Crippen molar-refractivity contribution in [1.29, 1.82) is 0 Å². The molecular weight excluding hydrogens is 218 g/mol. The van der Waals surface area contributed by atoms with Gasteiger partial charge in [-0.05, 0) is 29.5 Å². The van der Waals surface area contributed by atoms with Crippen molar-refractivity contribution < 1.29 is 4.79 Å². The molecule has 1 saturated carbocycles. The molecule has 0 spiro atoms. The third kappa shape index (κ3) is 1.50. The van der Waals surface area contributed by atoms with Crippen LogP contribution in [-0.2, 0) is 4.79 Å². The molecule has 0 heterocycles. The zero-order valence-corrected chi connectivity index (χ0v) is 9.09. The maximum Gasteiger partial charge on any atom is 0.232 e. The topological polar surface area (TPSA) is 17.1 Å². The maximum absolute atomic E-state index is 11.1. The summed E-state index contributed by atoms with van der Waals surface area (Å²) in [4.78, 5) is 11.1. The fraction of sp³-hybridized carbons (Fsp3) is 0.625. The molecule has 0 saturated heterocycles. The normalized spacial score (nSPS) is 31.1. The molecule has 0 bridgehead atoms. The van der Waals surface area contributed by atoms with Crippen LogP contribution in [0.15, 0.2) is 10.6 Å². The number of carbonyl (C=O) groups excluding carboxylic acids is 1. The minimum absolute atomic E-state index is 0.106. The van der Waals surface area contributed by atoms with Crippen LogP contribution in [0.5, 0.6) is 0 Å². The van der Waals surface area contributed by atoms with Crippen LogP contribution in [0.4, 0.5) is 0 Å². The van der Waals surface area contributed by atoms with Crippen LogP contribution in [0.25, 0.3) is 0 Å². The average Bonchev–Trinajstić information content (AvgIpc) is 2.33. The highest BCUT2D eigenvalue weighted by Gasteiger charge is 2.64. The SMILES string of the molecule is CC1(C)CC1(C=C(Cl)Cl)C(=O)Cl. The molecule has 1 unspecified atom stereocenters. The summed E-state index contributed by atoms with van der Waals surface area (Å²) in [6.45, 7) is 3.92. The fourth-order valence-electron chi connectivity index (χ4n) is 1.48. The molecular formula is C8H9Cl3O. The number of allylic oxidation sites excluding steroid dienone is 1. The van der Waals surface area contributed by atoms with E-state index in [9.17, 15) is 4.79 Å². The van der Waals surface area contributed by atoms with Gasteiger partial charge in [-0.15, -0.1) is 0 Å². The van der Waals surface area contributed by atoms with Gasteiger partial charge in [-0.25, -0.2) is 0 Å². The Hall–Kier alpha value is 0.280. The lowest BCUT2D eigenvalue weighted by Crippen LogP contribution is -2.13. The van der Waals surface area contributed by atoms with E-state index in [1.165, 1.54) is 6.08 Å². The number of hydrogen-bond donors (Lipinski definition) is 0. The second-order valence-electron chi connectivity index (χ2n) is 3.74. The van der Waals surface area contributed by atoms with Crippen LogP contribution >= 0.6 is 34.8 Å². The molecule has 1 rings (SSSR count). The Bertz CT molecular complexity index is 253. The molecule has 0 amide bonds. The van der Waals surface area contributed by atoms with Gasteiger partial charge in [-0.1, -0.05) is 37.0 Å². The zero-order chi connectivity index (χ0) is 9.57. The van der Waals surface area contributed by atoms with Gasteiger partial charge in [0.15, 0.2) is 0 Å². The van der Waals surface area contributed by atoms with Crippen LogP contribution in [-0.4, -0.2) is 5.24 Å². The maximum atomic E-state index is 11.1. The summed E-state index contributed by atoms with van der Waals surface area (Å²) < 4.78 is 0.106. The molecule has 4 heteroatoms. The predicted molar refractivity (Wildman–Crippen MR) is 51.5 cm³/mol. The Labute approximate surface area is 86.7 Å². The predicted octanol–water partition coefficient (Wildman–Crippen LogP) is 3.49. The van der Waals surface area contributed by atoms with Crippen molar-refractivity contribution in [2.24, 2.45) is 10.8 Å². The molecule has 0 N–H and O–H groups in total. The molecule has 0 aromatic rings. The van der Waals surface area contributed by atoms with E-state index in [1.54, 1.807) is 0 Å². The molecule has 1 atom stereocenters. The first-order valence-corrected chi connectivity index (χ1v) is 4.69. The molecule has 0 aromatic heterocycles. The van der Waals surface area contributed by atoms with Gasteiger partial charge >= 0.3 is 0 Å². The second kappa shape index (κ2) is 2.90. The molecule has 1 fully saturated rings. The highest BCUT2D eigenvalue weighted by molar-refractivity contribution is 6.66. The first-order valence-electron chi connectivity index (χ1n) is 3.56. The van der Waals surface area contributed by atoms with E-state index in [2.05, 4.69) is 0 Å². The molecule has 1 aliphatic rings. The van der Waals surface area contributed by atoms with Gasteiger partial charge in [0, 0.05) is 0 Å². The number of halogens is 3. The summed E-state index contributed by atoms with van der Waals surface area (Å²) in [5.41, 5.74) is -0.742. The fourth-order valence-corrected chi connectivity index (χ4v) is 2.23. The van der Waals surface area contributed by atoms with Gasteiger partial charge in [0.25, 0.3) is 0 Å². The van der Waals surface area contributed by atoms with E-state index in [4.69, 9.17) is 34.8 Å². The summed E-state index contributed by atoms with van der Waals surface area (Å²) >= 11 is 16.4. The number of rotatable bonds is 2. The van der Waals surface area contributed by atoms with Crippen molar-refractivity contribution in [3.8, 4) is 0 Å². The van der Waals surface area contributed by atoms with Crippen molar-refractivity contribution in [3.63, 3.8) is 0 Å². The minimum atomic E-state index is -0.632. The lowest BCUT2D eigenvalue weighted by atomic mass is 9.98. The summed E-state index contributed by atoms with van der Waals surface area (Å²) in [6, 6.07) is 0. The van der Waals surface area contributed by atoms with Gasteiger partial charge in [0.2, 0.25) is 5.24 Å². The Morgan fingerprint density at radius 1 is 1.33 bits per heavy atom. The molecule has 0 aliphatic heterocycles. The Morgan fingerprint density at radius 3 is 1.83 bits per heavy atom. The monoisotopic (exact) mass is 226 g/mol. The lowest BCUT2D eigenvalue weighted by molar-refractivity contribution is -0.115. The molecule has 0 aromatic carbocycles. The van der Waals surface area contributed by atoms with Crippen molar-refractivity contribution in [3.05, 3.63) is 10.6 Å². The first-order chi connectivity index (χ1) is 5.32. The van der Waals surface area contributed by atoms with E-state index in [0.29, 0.717) is 6.42 Å². The number of carbonyl (C=O) groups is 1. The van der Waals surface area contributed by atoms with Gasteiger partial charge in [-0.2, -0.15) is 0 Å².